The first-order valence-corrected chi connectivity index (χ1v) is 21.0. The van der Waals surface area contributed by atoms with Gasteiger partial charge in [-0.05, 0) is 63.9 Å². The van der Waals surface area contributed by atoms with Crippen LogP contribution in [0.5, 0.6) is 0 Å². The van der Waals surface area contributed by atoms with Gasteiger partial charge in [0.15, 0.2) is 7.14 Å². The molecule has 1 aliphatic rings. The summed E-state index contributed by atoms with van der Waals surface area (Å²) in [5.41, 5.74) is 12.5. The summed E-state index contributed by atoms with van der Waals surface area (Å²) in [5, 5.41) is 5.90. The molecular weight excluding hydrogens is 712 g/mol. The molecule has 1 aliphatic heterocycles. The van der Waals surface area contributed by atoms with Crippen LogP contribution < -0.4 is 15.9 Å². The first kappa shape index (κ1) is 33.3. The lowest BCUT2D eigenvalue weighted by Crippen LogP contribution is -2.26. The molecule has 3 heterocycles. The van der Waals surface area contributed by atoms with Crippen molar-refractivity contribution in [2.24, 2.45) is 0 Å². The van der Waals surface area contributed by atoms with Crippen LogP contribution in [0.2, 0.25) is 0 Å². The third-order valence-electron chi connectivity index (χ3n) is 11.4. The number of benzene rings is 8. The molecule has 0 spiro atoms. The fraction of sp³-hybridized carbons (Fsp3) is 0. The number of aromatic nitrogens is 2. The van der Waals surface area contributed by atoms with Gasteiger partial charge in [-0.3, -0.25) is 0 Å². The minimum Gasteiger partial charge on any atom is -0.309 e. The van der Waals surface area contributed by atoms with Crippen LogP contribution >= 0.6 is 7.14 Å². The lowest BCUT2D eigenvalue weighted by molar-refractivity contribution is 0.592. The molecule has 1 unspecified atom stereocenters. The number of fused-ring (bicyclic) bond motifs is 8. The highest BCUT2D eigenvalue weighted by molar-refractivity contribution is 7.85. The topological polar surface area (TPSA) is 34.9 Å². The third kappa shape index (κ3) is 5.35. The number of hydrogen-bond acceptors (Lipinski definition) is 2. The van der Waals surface area contributed by atoms with Crippen molar-refractivity contribution in [2.45, 2.75) is 0 Å². The van der Waals surface area contributed by atoms with E-state index in [4.69, 9.17) is 4.98 Å². The van der Waals surface area contributed by atoms with Crippen molar-refractivity contribution in [3.63, 3.8) is 0 Å². The second-order valence-electron chi connectivity index (χ2n) is 14.7. The summed E-state index contributed by atoms with van der Waals surface area (Å²) in [6, 6.07) is 73.9. The second kappa shape index (κ2) is 13.3. The summed E-state index contributed by atoms with van der Waals surface area (Å²) < 4.78 is 18.7. The van der Waals surface area contributed by atoms with E-state index in [1.165, 1.54) is 0 Å². The fourth-order valence-corrected chi connectivity index (χ4v) is 11.8. The molecule has 4 heteroatoms. The Bertz CT molecular complexity index is 3140. The van der Waals surface area contributed by atoms with Gasteiger partial charge < -0.3 is 9.13 Å². The summed E-state index contributed by atoms with van der Waals surface area (Å²) in [6.07, 6.45) is 0. The average Bonchev–Trinajstić information content (AvgIpc) is 3.59. The standard InChI is InChI=1S/C53H35N2OP/c56-57(43-32-29-36-15-7-8-20-40(36)33-43)50-25-13-10-22-45(50)52-44-21-9-12-24-49(44)55(53(52)46-23-11-14-26-51(46)57)42-30-27-37(28-31-42)41-34-47(38-16-3-1-4-17-38)54-48(35-41)39-18-5-2-6-19-39/h1-35H. The monoisotopic (exact) mass is 746 g/mol. The van der Waals surface area contributed by atoms with E-state index in [0.29, 0.717) is 0 Å². The van der Waals surface area contributed by atoms with Crippen molar-refractivity contribution >= 4 is 44.7 Å². The largest absolute Gasteiger partial charge is 0.309 e. The summed E-state index contributed by atoms with van der Waals surface area (Å²) in [6.45, 7) is 0. The molecule has 0 amide bonds. The van der Waals surface area contributed by atoms with E-state index in [1.54, 1.807) is 0 Å². The maximum Gasteiger partial charge on any atom is 0.172 e. The van der Waals surface area contributed by atoms with Gasteiger partial charge in [0.2, 0.25) is 0 Å². The fourth-order valence-electron chi connectivity index (χ4n) is 8.74. The second-order valence-corrected chi connectivity index (χ2v) is 17.4. The van der Waals surface area contributed by atoms with Crippen LogP contribution in [0.3, 0.4) is 0 Å². The number of hydrogen-bond donors (Lipinski definition) is 0. The molecule has 0 radical (unpaired) electrons. The van der Waals surface area contributed by atoms with Gasteiger partial charge in [-0.1, -0.05) is 176 Å². The molecule has 1 atom stereocenters. The normalized spacial score (nSPS) is 14.5. The van der Waals surface area contributed by atoms with Crippen LogP contribution in [0.25, 0.3) is 83.4 Å². The molecule has 0 fully saturated rings. The average molecular weight is 747 g/mol. The van der Waals surface area contributed by atoms with E-state index < -0.39 is 7.14 Å². The van der Waals surface area contributed by atoms with E-state index in [2.05, 4.69) is 180 Å². The summed E-state index contributed by atoms with van der Waals surface area (Å²) in [4.78, 5) is 5.11. The van der Waals surface area contributed by atoms with Gasteiger partial charge in [0.05, 0.1) is 22.6 Å². The predicted octanol–water partition coefficient (Wildman–Crippen LogP) is 12.5. The van der Waals surface area contributed by atoms with E-state index in [1.807, 2.05) is 36.4 Å². The quantitative estimate of drug-likeness (QED) is 0.164. The Hall–Kier alpha value is -7.06. The van der Waals surface area contributed by atoms with Crippen molar-refractivity contribution < 1.29 is 4.57 Å². The molecule has 3 nitrogen and oxygen atoms in total. The molecule has 268 valence electrons. The summed E-state index contributed by atoms with van der Waals surface area (Å²) in [7, 11) is -3.36. The van der Waals surface area contributed by atoms with E-state index in [9.17, 15) is 0 Å². The van der Waals surface area contributed by atoms with Crippen molar-refractivity contribution in [1.82, 2.24) is 9.55 Å². The smallest absolute Gasteiger partial charge is 0.172 e. The Morgan fingerprint density at radius 2 is 0.982 bits per heavy atom. The Morgan fingerprint density at radius 3 is 1.68 bits per heavy atom. The van der Waals surface area contributed by atoms with Crippen LogP contribution in [0, 0.1) is 0 Å². The molecule has 57 heavy (non-hydrogen) atoms. The Balaban J connectivity index is 1.13. The van der Waals surface area contributed by atoms with Gasteiger partial charge in [0.1, 0.15) is 0 Å². The number of nitrogens with zero attached hydrogens (tertiary/aromatic N) is 2. The molecular formula is C53H35N2OP. The van der Waals surface area contributed by atoms with Crippen LogP contribution in [0.1, 0.15) is 0 Å². The lowest BCUT2D eigenvalue weighted by Gasteiger charge is -2.23. The van der Waals surface area contributed by atoms with Crippen LogP contribution in [0.4, 0.5) is 0 Å². The minimum absolute atomic E-state index is 0.841. The first-order chi connectivity index (χ1) is 28.1. The van der Waals surface area contributed by atoms with Crippen LogP contribution in [-0.4, -0.2) is 9.55 Å². The van der Waals surface area contributed by atoms with Gasteiger partial charge in [-0.25, -0.2) is 4.98 Å². The van der Waals surface area contributed by atoms with Gasteiger partial charge in [0, 0.05) is 49.2 Å². The highest BCUT2D eigenvalue weighted by Gasteiger charge is 2.40. The molecule has 2 aromatic heterocycles. The van der Waals surface area contributed by atoms with Gasteiger partial charge in [-0.2, -0.15) is 0 Å². The highest BCUT2D eigenvalue weighted by Crippen LogP contribution is 2.54. The maximum atomic E-state index is 16.3. The summed E-state index contributed by atoms with van der Waals surface area (Å²) >= 11 is 0. The van der Waals surface area contributed by atoms with E-state index in [-0.39, 0.29) is 0 Å². The van der Waals surface area contributed by atoms with Gasteiger partial charge in [0.25, 0.3) is 0 Å². The number of rotatable bonds is 5. The Labute approximate surface area is 331 Å². The Kier molecular flexibility index (Phi) is 7.77. The van der Waals surface area contributed by atoms with Crippen molar-refractivity contribution in [1.29, 1.82) is 0 Å². The molecule has 0 aliphatic carbocycles. The van der Waals surface area contributed by atoms with E-state index >= 15 is 4.57 Å². The van der Waals surface area contributed by atoms with Crippen molar-refractivity contribution in [2.75, 3.05) is 0 Å². The van der Waals surface area contributed by atoms with Crippen molar-refractivity contribution in [3.8, 4) is 61.7 Å². The highest BCUT2D eigenvalue weighted by atomic mass is 31.2. The molecule has 0 saturated carbocycles. The van der Waals surface area contributed by atoms with Gasteiger partial charge in [-0.15, -0.1) is 0 Å². The molecule has 0 bridgehead atoms. The molecule has 8 aromatic carbocycles. The zero-order valence-corrected chi connectivity index (χ0v) is 31.9. The Morgan fingerprint density at radius 1 is 0.421 bits per heavy atom. The zero-order valence-electron chi connectivity index (χ0n) is 31.0. The lowest BCUT2D eigenvalue weighted by atomic mass is 9.98. The SMILES string of the molecule is O=P1(c2ccc3ccccc3c2)c2ccccc2-c2c(n(-c3ccc(-c4cc(-c5ccccc5)nc(-c5ccccc5)c4)cc3)c3ccccc23)-c2ccccc21. The molecule has 11 rings (SSSR count). The third-order valence-corrected chi connectivity index (χ3v) is 14.5. The predicted molar refractivity (Wildman–Crippen MR) is 239 cm³/mol. The number of para-hydroxylation sites is 1. The molecule has 0 saturated heterocycles. The number of pyridine rings is 1. The van der Waals surface area contributed by atoms with E-state index in [0.717, 1.165) is 99.3 Å². The van der Waals surface area contributed by atoms with Gasteiger partial charge >= 0.3 is 0 Å². The van der Waals surface area contributed by atoms with Crippen LogP contribution in [-0.2, 0) is 4.57 Å². The zero-order chi connectivity index (χ0) is 37.9. The minimum atomic E-state index is -3.36. The molecule has 0 N–H and O–H groups in total. The maximum absolute atomic E-state index is 16.3. The first-order valence-electron chi connectivity index (χ1n) is 19.3. The van der Waals surface area contributed by atoms with Crippen LogP contribution in [0.15, 0.2) is 212 Å². The summed E-state index contributed by atoms with van der Waals surface area (Å²) in [5.74, 6) is 0. The molecule has 10 aromatic rings. The van der Waals surface area contributed by atoms with Crippen molar-refractivity contribution in [3.05, 3.63) is 212 Å².